The fourth-order valence-corrected chi connectivity index (χ4v) is 12.1. The van der Waals surface area contributed by atoms with Crippen LogP contribution in [0.5, 0.6) is 0 Å². The maximum Gasteiger partial charge on any atom is 0.331 e. The molecule has 0 radical (unpaired) electrons. The number of hydrogen-bond acceptors (Lipinski definition) is 19. The highest BCUT2D eigenvalue weighted by atomic mass is 79.9. The zero-order valence-electron chi connectivity index (χ0n) is 55.5. The van der Waals surface area contributed by atoms with Crippen LogP contribution in [0.15, 0.2) is 168 Å². The van der Waals surface area contributed by atoms with Crippen molar-refractivity contribution in [2.24, 2.45) is 5.73 Å². The number of benzene rings is 7. The van der Waals surface area contributed by atoms with Gasteiger partial charge in [0.1, 0.15) is 12.1 Å². The smallest absolute Gasteiger partial charge is 0.331 e. The molecule has 7 aromatic carbocycles. The van der Waals surface area contributed by atoms with E-state index in [1.54, 1.807) is 30.3 Å². The second-order valence-corrected chi connectivity index (χ2v) is 24.6. The number of carboxylic acid groups (broad SMARTS) is 1. The van der Waals surface area contributed by atoms with E-state index in [9.17, 15) is 68.7 Å². The second-order valence-electron chi connectivity index (χ2n) is 23.6. The highest BCUT2D eigenvalue weighted by Gasteiger charge is 2.43. The van der Waals surface area contributed by atoms with Crippen LogP contribution in [-0.4, -0.2) is 191 Å². The number of halogens is 1. The molecule has 0 bridgehead atoms. The van der Waals surface area contributed by atoms with Gasteiger partial charge in [-0.1, -0.05) is 125 Å². The number of rotatable bonds is 17. The third-order valence-electron chi connectivity index (χ3n) is 16.7. The Morgan fingerprint density at radius 3 is 0.949 bits per heavy atom. The molecule has 10 N–H and O–H groups in total. The first kappa shape index (κ1) is 76.3. The number of amides is 5. The fourth-order valence-electron chi connectivity index (χ4n) is 11.7. The Kier molecular flexibility index (Phi) is 26.6. The molecule has 0 unspecified atom stereocenters. The number of nitrogens with one attached hydrogen (secondary N) is 1. The number of nitrogens with zero attached hydrogens (tertiary/aromatic N) is 4. The quantitative estimate of drug-likeness (QED) is 0.0214. The number of carboxylic acids is 1. The van der Waals surface area contributed by atoms with Crippen molar-refractivity contribution in [3.8, 4) is 33.4 Å². The van der Waals surface area contributed by atoms with Gasteiger partial charge >= 0.3 is 23.9 Å². The average molecular weight is 1420 g/mol. The molecule has 99 heavy (non-hydrogen) atoms. The Hall–Kier alpha value is -10.0. The number of ether oxygens (including phenoxy) is 3. The lowest BCUT2D eigenvalue weighted by Gasteiger charge is -2.27. The number of carbonyl (C=O) groups excluding carboxylic acids is 8. The zero-order chi connectivity index (χ0) is 72.7. The van der Waals surface area contributed by atoms with Gasteiger partial charge in [0.25, 0.3) is 29.5 Å². The third kappa shape index (κ3) is 18.0. The van der Waals surface area contributed by atoms with Gasteiger partial charge in [-0.15, -0.1) is 0 Å². The minimum Gasteiger partial charge on any atom is -0.480 e. The number of aliphatic hydroxyl groups is 5. The lowest BCUT2D eigenvalue weighted by Crippen LogP contribution is -2.52. The van der Waals surface area contributed by atoms with Gasteiger partial charge in [0.05, 0.1) is 51.8 Å². The van der Waals surface area contributed by atoms with Gasteiger partial charge in [0.15, 0.2) is 18.1 Å². The molecule has 26 heteroatoms. The minimum atomic E-state index is -1.24. The summed E-state index contributed by atoms with van der Waals surface area (Å²) in [6.07, 6.45) is -5.10. The van der Waals surface area contributed by atoms with Crippen LogP contribution < -0.4 is 11.2 Å². The molecule has 522 valence electrons. The molecular formula is C73H79BrN6O19. The molecular weight excluding hydrogens is 1340 g/mol. The number of esters is 3. The van der Waals surface area contributed by atoms with Crippen LogP contribution in [0.1, 0.15) is 98.3 Å². The maximum atomic E-state index is 12.6. The van der Waals surface area contributed by atoms with Crippen LogP contribution >= 0.6 is 15.9 Å². The molecule has 0 saturated heterocycles. The van der Waals surface area contributed by atoms with E-state index in [1.165, 1.54) is 81.0 Å². The van der Waals surface area contributed by atoms with Gasteiger partial charge in [-0.3, -0.25) is 34.0 Å². The number of fused-ring (bicyclic) bond motifs is 4. The molecule has 0 spiro atoms. The normalized spacial score (nSPS) is 16.2. The minimum absolute atomic E-state index is 0.191. The van der Waals surface area contributed by atoms with Crippen LogP contribution in [0.4, 0.5) is 0 Å². The molecule has 4 aliphatic heterocycles. The Morgan fingerprint density at radius 1 is 0.404 bits per heavy atom. The van der Waals surface area contributed by atoms with Gasteiger partial charge in [0.2, 0.25) is 0 Å². The number of aliphatic hydroxyl groups excluding tert-OH is 5. The van der Waals surface area contributed by atoms with Crippen molar-refractivity contribution >= 4 is 69.3 Å². The van der Waals surface area contributed by atoms with Crippen molar-refractivity contribution in [1.82, 2.24) is 25.1 Å². The van der Waals surface area contributed by atoms with Crippen LogP contribution in [0, 0.1) is 0 Å². The number of nitrogens with two attached hydrogens (primary N) is 1. The molecule has 4 aliphatic rings. The van der Waals surface area contributed by atoms with E-state index in [-0.39, 0.29) is 49.8 Å². The van der Waals surface area contributed by atoms with Crippen molar-refractivity contribution in [2.45, 2.75) is 122 Å². The summed E-state index contributed by atoms with van der Waals surface area (Å²) in [5.74, 6) is -5.06. The number of methoxy groups -OCH3 is 3. The molecule has 0 fully saturated rings. The van der Waals surface area contributed by atoms with Crippen molar-refractivity contribution in [2.75, 3.05) is 21.3 Å². The summed E-state index contributed by atoms with van der Waals surface area (Å²) < 4.78 is 14.5. The highest BCUT2D eigenvalue weighted by Crippen LogP contribution is 2.35. The van der Waals surface area contributed by atoms with E-state index < -0.39 is 90.5 Å². The number of hydroxylamine groups is 1. The number of aliphatic carboxylic acids is 1. The SMILES string of the molecule is COC(=O)[C@@H](N)[C@@H](C)O.COC(=O)[C@H]([C@@H](C)O)N1Cc2cc(-c3ccccc3)ccc2C1=O.COC(=O)[C@H]([C@@H](C)O)N1Cc2cc(Br)ccc2C1=O.C[C@@H](O)[C@@H](C(=O)NO)N1Cc2cc(-c3ccccc3)ccc2C1=O.C[C@@H](O)[C@@H](C(=O)O)N1Cc2cc(-c3ccccc3)ccc2C1=O. The third-order valence-corrected chi connectivity index (χ3v) is 17.2. The predicted octanol–water partition coefficient (Wildman–Crippen LogP) is 6.13. The van der Waals surface area contributed by atoms with Gasteiger partial charge in [-0.05, 0) is 145 Å². The van der Waals surface area contributed by atoms with Crippen molar-refractivity contribution in [3.63, 3.8) is 0 Å². The summed E-state index contributed by atoms with van der Waals surface area (Å²) in [4.78, 5) is 112. The van der Waals surface area contributed by atoms with E-state index >= 15 is 0 Å². The van der Waals surface area contributed by atoms with Gasteiger partial charge in [-0.2, -0.15) is 0 Å². The van der Waals surface area contributed by atoms with Crippen LogP contribution in [0.25, 0.3) is 33.4 Å². The molecule has 0 aromatic heterocycles. The molecule has 25 nitrogen and oxygen atoms in total. The standard InChI is InChI=1S/C19H19NO4.C18H18N2O4.C18H17NO4.C13H14BrNO4.C5H11NO3/c1-12(21)17(19(23)24-2)20-11-15-10-14(8-9-16(15)18(20)22)13-6-4-3-5-7-13;1-11(21)16(17(22)19-24)20-10-14-9-13(7-8-15(14)18(20)23)12-5-3-2-4-6-12;1-11(20)16(18(22)23)19-10-14-9-13(7-8-15(14)17(19)21)12-5-3-2-4-6-12;1-7(16)11(13(18)19-2)15-6-8-5-9(14)3-4-10(8)12(15)17;1-3(7)4(6)5(8)9-2/h3-10,12,17,21H,11H2,1-2H3;2-9,11,16,21,24H,10H2,1H3,(H,19,22);2-9,11,16,20H,10H2,1H3,(H,22,23);3-5,7,11,16H,6H2,1-2H3;3-4,7H,6H2,1-2H3/t12-,17+;2*11-,16+;7-,11+;3-,4+/m11111/s1. The Morgan fingerprint density at radius 2 is 0.687 bits per heavy atom. The predicted molar refractivity (Wildman–Crippen MR) is 364 cm³/mol. The summed E-state index contributed by atoms with van der Waals surface area (Å²) in [5.41, 5.74) is 18.1. The molecule has 10 atom stereocenters. The molecule has 4 heterocycles. The van der Waals surface area contributed by atoms with Crippen molar-refractivity contribution in [3.05, 3.63) is 213 Å². The van der Waals surface area contributed by atoms with Gasteiger partial charge in [0, 0.05) is 52.9 Å². The molecule has 7 aromatic rings. The first-order valence-corrected chi connectivity index (χ1v) is 32.0. The van der Waals surface area contributed by atoms with Crippen LogP contribution in [-0.2, 0) is 64.4 Å². The molecule has 5 amide bonds. The monoisotopic (exact) mass is 1420 g/mol. The van der Waals surface area contributed by atoms with Crippen LogP contribution in [0.2, 0.25) is 0 Å². The Bertz CT molecular complexity index is 3930. The topological polar surface area (TPSA) is 374 Å². The molecule has 11 rings (SSSR count). The summed E-state index contributed by atoms with van der Waals surface area (Å²) in [5, 5.41) is 66.0. The summed E-state index contributed by atoms with van der Waals surface area (Å²) in [7, 11) is 3.71. The summed E-state index contributed by atoms with van der Waals surface area (Å²) in [6.45, 7) is 8.13. The van der Waals surface area contributed by atoms with Gasteiger partial charge < -0.3 is 70.2 Å². The van der Waals surface area contributed by atoms with Crippen molar-refractivity contribution < 1.29 is 93.2 Å². The van der Waals surface area contributed by atoms with Crippen LogP contribution in [0.3, 0.4) is 0 Å². The van der Waals surface area contributed by atoms with Crippen molar-refractivity contribution in [1.29, 1.82) is 0 Å². The van der Waals surface area contributed by atoms with E-state index in [4.69, 9.17) is 20.8 Å². The summed E-state index contributed by atoms with van der Waals surface area (Å²) in [6, 6.07) is 46.1. The number of hydrogen-bond donors (Lipinski definition) is 9. The van der Waals surface area contributed by atoms with E-state index in [0.29, 0.717) is 22.3 Å². The number of carbonyl (C=O) groups is 9. The Labute approximate surface area is 579 Å². The fraction of sp³-hybridized carbons (Fsp3) is 0.301. The van der Waals surface area contributed by atoms with E-state index in [0.717, 1.165) is 60.1 Å². The highest BCUT2D eigenvalue weighted by molar-refractivity contribution is 9.10. The summed E-state index contributed by atoms with van der Waals surface area (Å²) >= 11 is 3.34. The molecule has 0 saturated carbocycles. The molecule has 0 aliphatic carbocycles. The van der Waals surface area contributed by atoms with E-state index in [2.05, 4.69) is 25.4 Å². The lowest BCUT2D eigenvalue weighted by atomic mass is 10.0. The first-order valence-electron chi connectivity index (χ1n) is 31.2. The maximum absolute atomic E-state index is 12.6. The lowest BCUT2D eigenvalue weighted by molar-refractivity contribution is -0.150. The van der Waals surface area contributed by atoms with E-state index in [1.807, 2.05) is 133 Å². The largest absolute Gasteiger partial charge is 0.480 e. The van der Waals surface area contributed by atoms with Gasteiger partial charge in [-0.25, -0.2) is 19.9 Å². The average Bonchev–Trinajstić information content (AvgIpc) is 1.67. The zero-order valence-corrected chi connectivity index (χ0v) is 57.1. The Balaban J connectivity index is 0.000000179. The first-order chi connectivity index (χ1) is 47.1. The second kappa shape index (κ2) is 34.5.